The van der Waals surface area contributed by atoms with Crippen molar-refractivity contribution in [3.8, 4) is 0 Å². The van der Waals surface area contributed by atoms with Gasteiger partial charge in [-0.05, 0) is 0 Å². The molecule has 106 valence electrons. The minimum Gasteiger partial charge on any atom is -0.480 e. The molecule has 0 saturated carbocycles. The van der Waals surface area contributed by atoms with Crippen molar-refractivity contribution in [3.05, 3.63) is 0 Å². The van der Waals surface area contributed by atoms with Gasteiger partial charge >= 0.3 is 5.97 Å². The van der Waals surface area contributed by atoms with E-state index in [0.717, 1.165) is 0 Å². The van der Waals surface area contributed by atoms with E-state index in [0.29, 0.717) is 6.54 Å². The first-order chi connectivity index (χ1) is 8.86. The number of carboxylic acid groups (broad SMARTS) is 1. The van der Waals surface area contributed by atoms with E-state index >= 15 is 0 Å². The lowest BCUT2D eigenvalue weighted by molar-refractivity contribution is -0.140. The van der Waals surface area contributed by atoms with Crippen LogP contribution < -0.4 is 11.1 Å². The number of imide groups is 1. The molecule has 1 fully saturated rings. The summed E-state index contributed by atoms with van der Waals surface area (Å²) in [6.07, 6.45) is 0. The molecule has 0 aromatic rings. The van der Waals surface area contributed by atoms with Crippen LogP contribution in [-0.4, -0.2) is 77.9 Å². The number of nitrogens with one attached hydrogen (secondary N) is 1. The van der Waals surface area contributed by atoms with Gasteiger partial charge in [0.1, 0.15) is 0 Å². The van der Waals surface area contributed by atoms with Gasteiger partial charge < -0.3 is 10.8 Å². The number of nitrogens with two attached hydrogens (primary N) is 1. The van der Waals surface area contributed by atoms with Crippen LogP contribution in [-0.2, 0) is 19.2 Å². The van der Waals surface area contributed by atoms with Crippen LogP contribution in [0.2, 0.25) is 0 Å². The first-order valence-corrected chi connectivity index (χ1v) is 5.64. The second-order valence-electron chi connectivity index (χ2n) is 4.25. The number of carbonyl (C=O) groups is 4. The molecule has 1 heterocycles. The predicted octanol–water partition coefficient (Wildman–Crippen LogP) is -3.18. The van der Waals surface area contributed by atoms with Gasteiger partial charge in [-0.15, -0.1) is 0 Å². The summed E-state index contributed by atoms with van der Waals surface area (Å²) in [5.41, 5.74) is 5.02. The molecule has 0 atom stereocenters. The summed E-state index contributed by atoms with van der Waals surface area (Å²) in [6, 6.07) is 0. The molecular formula is C10H16N4O5. The van der Waals surface area contributed by atoms with Crippen molar-refractivity contribution in [2.45, 2.75) is 0 Å². The molecule has 0 aromatic heterocycles. The number of primary amides is 1. The van der Waals surface area contributed by atoms with E-state index in [2.05, 4.69) is 5.32 Å². The van der Waals surface area contributed by atoms with Crippen molar-refractivity contribution in [2.24, 2.45) is 5.73 Å². The number of hydrogen-bond acceptors (Lipinski definition) is 6. The molecule has 0 radical (unpaired) electrons. The number of piperazine rings is 1. The molecule has 0 aromatic carbocycles. The number of hydrogen-bond donors (Lipinski definition) is 3. The summed E-state index contributed by atoms with van der Waals surface area (Å²) in [5, 5.41) is 10.9. The van der Waals surface area contributed by atoms with Gasteiger partial charge in [0, 0.05) is 13.1 Å². The van der Waals surface area contributed by atoms with Crippen LogP contribution >= 0.6 is 0 Å². The number of amides is 3. The molecule has 9 heteroatoms. The third-order valence-corrected chi connectivity index (χ3v) is 2.48. The van der Waals surface area contributed by atoms with Gasteiger partial charge in [-0.2, -0.15) is 0 Å². The molecule has 1 aliphatic heterocycles. The fraction of sp³-hybridized carbons (Fsp3) is 0.600. The summed E-state index contributed by atoms with van der Waals surface area (Å²) in [6.45, 7) is 0.180. The highest BCUT2D eigenvalue weighted by molar-refractivity contribution is 5.99. The van der Waals surface area contributed by atoms with E-state index in [4.69, 9.17) is 10.8 Å². The molecule has 9 nitrogen and oxygen atoms in total. The maximum Gasteiger partial charge on any atom is 0.317 e. The first kappa shape index (κ1) is 15.1. The second-order valence-corrected chi connectivity index (χ2v) is 4.25. The fourth-order valence-corrected chi connectivity index (χ4v) is 1.76. The molecular weight excluding hydrogens is 256 g/mol. The molecule has 0 aliphatic carbocycles. The predicted molar refractivity (Wildman–Crippen MR) is 62.9 cm³/mol. The average molecular weight is 272 g/mol. The lowest BCUT2D eigenvalue weighted by atomic mass is 10.3. The highest BCUT2D eigenvalue weighted by atomic mass is 16.4. The van der Waals surface area contributed by atoms with Crippen LogP contribution in [0.15, 0.2) is 0 Å². The second kappa shape index (κ2) is 6.81. The highest BCUT2D eigenvalue weighted by Crippen LogP contribution is 1.96. The molecule has 19 heavy (non-hydrogen) atoms. The lowest BCUT2D eigenvalue weighted by Gasteiger charge is -2.27. The zero-order valence-electron chi connectivity index (χ0n) is 10.3. The third-order valence-electron chi connectivity index (χ3n) is 2.48. The largest absolute Gasteiger partial charge is 0.480 e. The lowest BCUT2D eigenvalue weighted by Crippen LogP contribution is -2.53. The first-order valence-electron chi connectivity index (χ1n) is 5.64. The Hall–Kier alpha value is -2.00. The summed E-state index contributed by atoms with van der Waals surface area (Å²) in [4.78, 5) is 46.6. The number of carboxylic acids is 1. The van der Waals surface area contributed by atoms with Crippen molar-refractivity contribution in [1.82, 2.24) is 15.1 Å². The molecule has 1 saturated heterocycles. The van der Waals surface area contributed by atoms with E-state index in [9.17, 15) is 19.2 Å². The van der Waals surface area contributed by atoms with Gasteiger partial charge in [0.2, 0.25) is 17.7 Å². The summed E-state index contributed by atoms with van der Waals surface area (Å²) >= 11 is 0. The minimum atomic E-state index is -1.08. The van der Waals surface area contributed by atoms with Crippen molar-refractivity contribution in [1.29, 1.82) is 0 Å². The Bertz CT molecular complexity index is 365. The maximum atomic E-state index is 11.1. The number of rotatable bonds is 7. The van der Waals surface area contributed by atoms with Crippen LogP contribution in [0, 0.1) is 0 Å². The molecule has 1 aliphatic rings. The van der Waals surface area contributed by atoms with Crippen LogP contribution in [0.1, 0.15) is 0 Å². The maximum absolute atomic E-state index is 11.1. The Morgan fingerprint density at radius 2 is 1.84 bits per heavy atom. The van der Waals surface area contributed by atoms with Gasteiger partial charge in [0.25, 0.3) is 0 Å². The van der Waals surface area contributed by atoms with Crippen molar-refractivity contribution in [3.63, 3.8) is 0 Å². The quantitative estimate of drug-likeness (QED) is 0.416. The SMILES string of the molecule is NC(=O)CN(CCN1CC(=O)NC(=O)C1)CC(=O)O. The highest BCUT2D eigenvalue weighted by Gasteiger charge is 2.23. The molecule has 0 bridgehead atoms. The van der Waals surface area contributed by atoms with E-state index in [1.165, 1.54) is 4.90 Å². The van der Waals surface area contributed by atoms with E-state index in [1.54, 1.807) is 4.90 Å². The monoisotopic (exact) mass is 272 g/mol. The van der Waals surface area contributed by atoms with Crippen molar-refractivity contribution >= 4 is 23.7 Å². The number of aliphatic carboxylic acids is 1. The van der Waals surface area contributed by atoms with E-state index < -0.39 is 23.7 Å². The molecule has 0 unspecified atom stereocenters. The summed E-state index contributed by atoms with van der Waals surface area (Å²) in [7, 11) is 0. The van der Waals surface area contributed by atoms with Crippen LogP contribution in [0.25, 0.3) is 0 Å². The number of carbonyl (C=O) groups excluding carboxylic acids is 3. The van der Waals surface area contributed by atoms with Crippen molar-refractivity contribution < 1.29 is 24.3 Å². The zero-order valence-corrected chi connectivity index (χ0v) is 10.3. The van der Waals surface area contributed by atoms with Crippen molar-refractivity contribution in [2.75, 3.05) is 39.3 Å². The van der Waals surface area contributed by atoms with Crippen LogP contribution in [0.5, 0.6) is 0 Å². The summed E-state index contributed by atoms with van der Waals surface area (Å²) in [5.74, 6) is -2.49. The van der Waals surface area contributed by atoms with Gasteiger partial charge in [0.05, 0.1) is 26.2 Å². The Morgan fingerprint density at radius 3 is 2.32 bits per heavy atom. The Morgan fingerprint density at radius 1 is 1.26 bits per heavy atom. The Kier molecular flexibility index (Phi) is 5.39. The Labute approximate surface area is 109 Å². The normalized spacial score (nSPS) is 16.5. The third kappa shape index (κ3) is 5.93. The molecule has 4 N–H and O–H groups in total. The molecule has 1 rings (SSSR count). The minimum absolute atomic E-state index is 0.0726. The standard InChI is InChI=1S/C10H16N4O5/c11-7(15)3-13(6-10(18)19)1-2-14-4-8(16)12-9(17)5-14/h1-6H2,(H2,11,15)(H,18,19)(H,12,16,17). The van der Waals surface area contributed by atoms with Gasteiger partial charge in [-0.3, -0.25) is 34.3 Å². The van der Waals surface area contributed by atoms with Gasteiger partial charge in [-0.25, -0.2) is 0 Å². The smallest absolute Gasteiger partial charge is 0.317 e. The van der Waals surface area contributed by atoms with Crippen LogP contribution in [0.4, 0.5) is 0 Å². The Balaban J connectivity index is 2.45. The fourth-order valence-electron chi connectivity index (χ4n) is 1.76. The van der Waals surface area contributed by atoms with Gasteiger partial charge in [-0.1, -0.05) is 0 Å². The van der Waals surface area contributed by atoms with Gasteiger partial charge in [0.15, 0.2) is 0 Å². The molecule has 0 spiro atoms. The zero-order chi connectivity index (χ0) is 14.4. The topological polar surface area (TPSA) is 133 Å². The average Bonchev–Trinajstić information content (AvgIpc) is 2.23. The van der Waals surface area contributed by atoms with Crippen LogP contribution in [0.3, 0.4) is 0 Å². The van der Waals surface area contributed by atoms with E-state index in [1.807, 2.05) is 0 Å². The molecule has 3 amide bonds. The van der Waals surface area contributed by atoms with E-state index in [-0.39, 0.29) is 32.7 Å². The summed E-state index contributed by atoms with van der Waals surface area (Å²) < 4.78 is 0. The number of nitrogens with zero attached hydrogens (tertiary/aromatic N) is 2.